The van der Waals surface area contributed by atoms with E-state index in [1.807, 2.05) is 36.4 Å². The van der Waals surface area contributed by atoms with E-state index in [2.05, 4.69) is 38.1 Å². The van der Waals surface area contributed by atoms with Gasteiger partial charge in [0.1, 0.15) is 0 Å². The molecule has 0 unspecified atom stereocenters. The Kier molecular flexibility index (Phi) is 14.4. The summed E-state index contributed by atoms with van der Waals surface area (Å²) in [5.74, 6) is 0. The van der Waals surface area contributed by atoms with Gasteiger partial charge in [-0.15, -0.1) is 0 Å². The van der Waals surface area contributed by atoms with Crippen molar-refractivity contribution in [2.75, 3.05) is 52.9 Å². The van der Waals surface area contributed by atoms with E-state index in [-0.39, 0.29) is 0 Å². The minimum Gasteiger partial charge on any atom is -0.377 e. The maximum atomic E-state index is 4.94. The van der Waals surface area contributed by atoms with Gasteiger partial charge in [0.05, 0.1) is 52.9 Å². The highest BCUT2D eigenvalue weighted by Crippen LogP contribution is 1.93. The summed E-state index contributed by atoms with van der Waals surface area (Å²) in [6, 6.07) is 20.5. The van der Waals surface area contributed by atoms with Gasteiger partial charge in [0, 0.05) is 0 Å². The van der Waals surface area contributed by atoms with Gasteiger partial charge >= 0.3 is 0 Å². The van der Waals surface area contributed by atoms with Crippen LogP contribution >= 0.6 is 0 Å². The Morgan fingerprint density at radius 3 is 0.769 bits per heavy atom. The Morgan fingerprint density at radius 1 is 0.423 bits per heavy atom. The SMILES string of the molecule is C1COCCO1.C1COCCO1.Cc1ccccc1.Cc1ccccc1. The van der Waals surface area contributed by atoms with Crippen LogP contribution in [0.2, 0.25) is 0 Å². The third kappa shape index (κ3) is 14.6. The van der Waals surface area contributed by atoms with Gasteiger partial charge in [0.2, 0.25) is 0 Å². The highest BCUT2D eigenvalue weighted by atomic mass is 16.6. The Bertz CT molecular complexity index is 436. The Balaban J connectivity index is 0.000000174. The van der Waals surface area contributed by atoms with Crippen LogP contribution in [0, 0.1) is 13.8 Å². The zero-order valence-electron chi connectivity index (χ0n) is 16.1. The van der Waals surface area contributed by atoms with E-state index in [1.165, 1.54) is 11.1 Å². The molecule has 2 saturated heterocycles. The van der Waals surface area contributed by atoms with Gasteiger partial charge in [-0.05, 0) is 13.8 Å². The molecule has 0 spiro atoms. The van der Waals surface area contributed by atoms with Gasteiger partial charge in [-0.2, -0.15) is 0 Å². The van der Waals surface area contributed by atoms with Crippen molar-refractivity contribution in [1.82, 2.24) is 0 Å². The highest BCUT2D eigenvalue weighted by molar-refractivity contribution is 5.12. The smallest absolute Gasteiger partial charge is 0.0701 e. The van der Waals surface area contributed by atoms with Crippen LogP contribution in [0.3, 0.4) is 0 Å². The van der Waals surface area contributed by atoms with E-state index < -0.39 is 0 Å². The van der Waals surface area contributed by atoms with E-state index in [0.29, 0.717) is 0 Å². The predicted molar refractivity (Wildman–Crippen MR) is 106 cm³/mol. The third-order valence-electron chi connectivity index (χ3n) is 3.37. The minimum absolute atomic E-state index is 0.778. The van der Waals surface area contributed by atoms with E-state index in [1.54, 1.807) is 0 Å². The second-order valence-corrected chi connectivity index (χ2v) is 5.76. The molecular weight excluding hydrogens is 328 g/mol. The normalized spacial score (nSPS) is 15.8. The van der Waals surface area contributed by atoms with E-state index in [0.717, 1.165) is 52.9 Å². The zero-order chi connectivity index (χ0) is 18.7. The molecule has 0 saturated carbocycles. The maximum Gasteiger partial charge on any atom is 0.0701 e. The summed E-state index contributed by atoms with van der Waals surface area (Å²) in [4.78, 5) is 0. The summed E-state index contributed by atoms with van der Waals surface area (Å²) in [7, 11) is 0. The minimum atomic E-state index is 0.778. The molecule has 4 heteroatoms. The molecule has 0 N–H and O–H groups in total. The molecular formula is C22H32O4. The van der Waals surface area contributed by atoms with Crippen molar-refractivity contribution < 1.29 is 18.9 Å². The van der Waals surface area contributed by atoms with Crippen LogP contribution in [0.1, 0.15) is 11.1 Å². The van der Waals surface area contributed by atoms with Crippen molar-refractivity contribution in [1.29, 1.82) is 0 Å². The Morgan fingerprint density at radius 2 is 0.654 bits per heavy atom. The maximum absolute atomic E-state index is 4.94. The van der Waals surface area contributed by atoms with E-state index >= 15 is 0 Å². The number of aryl methyl sites for hydroxylation is 2. The van der Waals surface area contributed by atoms with Crippen LogP contribution in [-0.4, -0.2) is 52.9 Å². The van der Waals surface area contributed by atoms with Crippen LogP contribution in [0.5, 0.6) is 0 Å². The molecule has 26 heavy (non-hydrogen) atoms. The predicted octanol–water partition coefficient (Wildman–Crippen LogP) is 4.06. The largest absolute Gasteiger partial charge is 0.377 e. The number of hydrogen-bond donors (Lipinski definition) is 0. The fraction of sp³-hybridized carbons (Fsp3) is 0.455. The first-order chi connectivity index (χ1) is 12.8. The highest BCUT2D eigenvalue weighted by Gasteiger charge is 1.94. The second kappa shape index (κ2) is 16.7. The van der Waals surface area contributed by atoms with Crippen LogP contribution in [0.25, 0.3) is 0 Å². The molecule has 2 aromatic rings. The number of rotatable bonds is 0. The van der Waals surface area contributed by atoms with Gasteiger partial charge in [0.15, 0.2) is 0 Å². The number of hydrogen-bond acceptors (Lipinski definition) is 4. The van der Waals surface area contributed by atoms with E-state index in [9.17, 15) is 0 Å². The molecule has 0 bridgehead atoms. The fourth-order valence-electron chi connectivity index (χ4n) is 1.95. The number of ether oxygens (including phenoxy) is 4. The second-order valence-electron chi connectivity index (χ2n) is 5.76. The monoisotopic (exact) mass is 360 g/mol. The van der Waals surface area contributed by atoms with Gasteiger partial charge in [-0.25, -0.2) is 0 Å². The molecule has 144 valence electrons. The van der Waals surface area contributed by atoms with Crippen molar-refractivity contribution in [2.24, 2.45) is 0 Å². The first-order valence-electron chi connectivity index (χ1n) is 9.13. The van der Waals surface area contributed by atoms with Crippen LogP contribution in [-0.2, 0) is 18.9 Å². The summed E-state index contributed by atoms with van der Waals surface area (Å²) in [6.45, 7) is 10.4. The summed E-state index contributed by atoms with van der Waals surface area (Å²) in [6.07, 6.45) is 0. The summed E-state index contributed by atoms with van der Waals surface area (Å²) < 4.78 is 19.8. The molecule has 0 atom stereocenters. The lowest BCUT2D eigenvalue weighted by Gasteiger charge is -2.09. The first kappa shape index (κ1) is 22.3. The summed E-state index contributed by atoms with van der Waals surface area (Å²) in [5.41, 5.74) is 2.64. The topological polar surface area (TPSA) is 36.9 Å². The molecule has 0 aliphatic carbocycles. The van der Waals surface area contributed by atoms with Crippen LogP contribution < -0.4 is 0 Å². The van der Waals surface area contributed by atoms with Gasteiger partial charge in [-0.1, -0.05) is 71.8 Å². The summed E-state index contributed by atoms with van der Waals surface area (Å²) >= 11 is 0. The molecule has 2 aliphatic heterocycles. The van der Waals surface area contributed by atoms with Crippen LogP contribution in [0.15, 0.2) is 60.7 Å². The molecule has 4 rings (SSSR count). The zero-order valence-corrected chi connectivity index (χ0v) is 16.1. The lowest BCUT2D eigenvalue weighted by molar-refractivity contribution is -0.0334. The van der Waals surface area contributed by atoms with Crippen molar-refractivity contribution in [3.05, 3.63) is 71.8 Å². The molecule has 2 aromatic carbocycles. The molecule has 4 nitrogen and oxygen atoms in total. The number of benzene rings is 2. The average Bonchev–Trinajstić information content (AvgIpc) is 2.73. The standard InChI is InChI=1S/2C7H8.2C4H8O2/c2*1-7-5-3-2-4-6-7;2*1-2-6-4-3-5-1/h2*2-6H,1H3;2*1-4H2. The molecule has 2 aliphatic rings. The Labute approximate surface area is 158 Å². The third-order valence-corrected chi connectivity index (χ3v) is 3.37. The molecule has 0 radical (unpaired) electrons. The first-order valence-corrected chi connectivity index (χ1v) is 9.13. The van der Waals surface area contributed by atoms with Crippen molar-refractivity contribution in [2.45, 2.75) is 13.8 Å². The lowest BCUT2D eigenvalue weighted by atomic mass is 10.2. The Hall–Kier alpha value is -1.72. The lowest BCUT2D eigenvalue weighted by Crippen LogP contribution is -2.16. The molecule has 0 aromatic heterocycles. The average molecular weight is 360 g/mol. The fourth-order valence-corrected chi connectivity index (χ4v) is 1.95. The van der Waals surface area contributed by atoms with Crippen molar-refractivity contribution in [3.63, 3.8) is 0 Å². The molecule has 2 heterocycles. The summed E-state index contributed by atoms with van der Waals surface area (Å²) in [5, 5.41) is 0. The van der Waals surface area contributed by atoms with Crippen LogP contribution in [0.4, 0.5) is 0 Å². The van der Waals surface area contributed by atoms with Crippen molar-refractivity contribution in [3.8, 4) is 0 Å². The van der Waals surface area contributed by atoms with E-state index in [4.69, 9.17) is 18.9 Å². The molecule has 0 amide bonds. The van der Waals surface area contributed by atoms with Gasteiger partial charge < -0.3 is 18.9 Å². The van der Waals surface area contributed by atoms with Crippen molar-refractivity contribution >= 4 is 0 Å². The quantitative estimate of drug-likeness (QED) is 0.710. The van der Waals surface area contributed by atoms with Gasteiger partial charge in [0.25, 0.3) is 0 Å². The van der Waals surface area contributed by atoms with Gasteiger partial charge in [-0.3, -0.25) is 0 Å². The molecule has 2 fully saturated rings.